The van der Waals surface area contributed by atoms with Crippen molar-refractivity contribution < 1.29 is 33.4 Å². The van der Waals surface area contributed by atoms with E-state index in [4.69, 9.17) is 15.2 Å². The molecular formula is C25H33N5O7. The van der Waals surface area contributed by atoms with Crippen LogP contribution in [0, 0.1) is 5.92 Å². The van der Waals surface area contributed by atoms with E-state index < -0.39 is 35.6 Å². The van der Waals surface area contributed by atoms with Crippen molar-refractivity contribution in [1.29, 1.82) is 0 Å². The molecule has 0 aliphatic heterocycles. The Labute approximate surface area is 214 Å². The van der Waals surface area contributed by atoms with Gasteiger partial charge in [0.05, 0.1) is 20.3 Å². The van der Waals surface area contributed by atoms with Crippen LogP contribution in [-0.2, 0) is 23.9 Å². The van der Waals surface area contributed by atoms with Gasteiger partial charge in [-0.3, -0.25) is 24.6 Å². The number of rotatable bonds is 12. The molecule has 1 heterocycles. The SMILES string of the molecule is CCOC(=O)/C=C/C(=O)N(CCC(N)=O)NC(=O)[C@H](CC(C)C)NC(=O)c1cc2c(OC)cccc2[nH]1. The van der Waals surface area contributed by atoms with Crippen molar-refractivity contribution in [1.82, 2.24) is 20.7 Å². The summed E-state index contributed by atoms with van der Waals surface area (Å²) in [4.78, 5) is 64.6. The number of hydrogen-bond donors (Lipinski definition) is 4. The van der Waals surface area contributed by atoms with E-state index in [0.29, 0.717) is 16.7 Å². The van der Waals surface area contributed by atoms with Gasteiger partial charge in [0.2, 0.25) is 5.91 Å². The number of primary amides is 1. The van der Waals surface area contributed by atoms with Crippen LogP contribution in [0.1, 0.15) is 44.1 Å². The van der Waals surface area contributed by atoms with E-state index >= 15 is 0 Å². The molecule has 4 amide bonds. The Hall–Kier alpha value is -4.35. The number of nitrogens with two attached hydrogens (primary N) is 1. The maximum absolute atomic E-state index is 13.1. The largest absolute Gasteiger partial charge is 0.496 e. The minimum absolute atomic E-state index is 0.0114. The van der Waals surface area contributed by atoms with E-state index in [1.54, 1.807) is 31.2 Å². The lowest BCUT2D eigenvalue weighted by molar-refractivity contribution is -0.140. The summed E-state index contributed by atoms with van der Waals surface area (Å²) in [5, 5.41) is 4.26. The zero-order chi connectivity index (χ0) is 27.5. The molecule has 0 unspecified atom stereocenters. The van der Waals surface area contributed by atoms with Gasteiger partial charge in [-0.15, -0.1) is 0 Å². The van der Waals surface area contributed by atoms with Crippen molar-refractivity contribution in [3.63, 3.8) is 0 Å². The highest BCUT2D eigenvalue weighted by Crippen LogP contribution is 2.26. The Kier molecular flexibility index (Phi) is 10.7. The number of hydrogen-bond acceptors (Lipinski definition) is 7. The van der Waals surface area contributed by atoms with Crippen LogP contribution in [0.5, 0.6) is 5.75 Å². The molecule has 0 aliphatic carbocycles. The second kappa shape index (κ2) is 13.7. The monoisotopic (exact) mass is 515 g/mol. The highest BCUT2D eigenvalue weighted by atomic mass is 16.5. The first-order valence-electron chi connectivity index (χ1n) is 11.8. The van der Waals surface area contributed by atoms with Gasteiger partial charge in [-0.2, -0.15) is 0 Å². The van der Waals surface area contributed by atoms with Crippen molar-refractivity contribution in [3.05, 3.63) is 42.1 Å². The summed E-state index contributed by atoms with van der Waals surface area (Å²) >= 11 is 0. The molecule has 0 aliphatic rings. The molecule has 1 atom stereocenters. The topological polar surface area (TPSA) is 173 Å². The zero-order valence-electron chi connectivity index (χ0n) is 21.3. The fourth-order valence-corrected chi connectivity index (χ4v) is 3.44. The van der Waals surface area contributed by atoms with Gasteiger partial charge < -0.3 is 25.5 Å². The van der Waals surface area contributed by atoms with Crippen molar-refractivity contribution in [3.8, 4) is 5.75 Å². The van der Waals surface area contributed by atoms with E-state index in [-0.39, 0.29) is 37.6 Å². The number of carbonyl (C=O) groups is 5. The Balaban J connectivity index is 2.21. The highest BCUT2D eigenvalue weighted by molar-refractivity contribution is 6.02. The third-order valence-electron chi connectivity index (χ3n) is 5.16. The molecule has 2 rings (SSSR count). The third kappa shape index (κ3) is 8.67. The number of fused-ring (bicyclic) bond motifs is 1. The number of hydrazine groups is 1. The van der Waals surface area contributed by atoms with Gasteiger partial charge in [-0.25, -0.2) is 9.80 Å². The number of ether oxygens (including phenoxy) is 2. The van der Waals surface area contributed by atoms with Crippen molar-refractivity contribution in [2.75, 3.05) is 20.3 Å². The molecule has 0 bridgehead atoms. The molecule has 1 aromatic carbocycles. The van der Waals surface area contributed by atoms with Gasteiger partial charge in [0.15, 0.2) is 0 Å². The van der Waals surface area contributed by atoms with Gasteiger partial charge in [-0.1, -0.05) is 19.9 Å². The molecule has 200 valence electrons. The number of H-pyrrole nitrogens is 1. The summed E-state index contributed by atoms with van der Waals surface area (Å²) in [6.45, 7) is 5.25. The molecule has 12 heteroatoms. The van der Waals surface area contributed by atoms with Crippen LogP contribution in [-0.4, -0.2) is 65.9 Å². The smallest absolute Gasteiger partial charge is 0.330 e. The number of methoxy groups -OCH3 is 1. The molecule has 0 saturated carbocycles. The second-order valence-corrected chi connectivity index (χ2v) is 8.53. The summed E-state index contributed by atoms with van der Waals surface area (Å²) in [5.74, 6) is -2.82. The van der Waals surface area contributed by atoms with Gasteiger partial charge in [-0.05, 0) is 37.5 Å². The average molecular weight is 516 g/mol. The fraction of sp³-hybridized carbons (Fsp3) is 0.400. The first kappa shape index (κ1) is 28.9. The summed E-state index contributed by atoms with van der Waals surface area (Å²) in [6, 6.07) is 5.94. The van der Waals surface area contributed by atoms with Crippen molar-refractivity contribution >= 4 is 40.5 Å². The van der Waals surface area contributed by atoms with E-state index in [2.05, 4.69) is 15.7 Å². The molecule has 2 aromatic rings. The number of esters is 1. The van der Waals surface area contributed by atoms with Crippen LogP contribution < -0.4 is 21.2 Å². The number of carbonyl (C=O) groups excluding carboxylic acids is 5. The van der Waals surface area contributed by atoms with Gasteiger partial charge in [0.25, 0.3) is 17.7 Å². The van der Waals surface area contributed by atoms with Crippen LogP contribution in [0.15, 0.2) is 36.4 Å². The zero-order valence-corrected chi connectivity index (χ0v) is 21.3. The lowest BCUT2D eigenvalue weighted by atomic mass is 10.0. The molecule has 12 nitrogen and oxygen atoms in total. The summed E-state index contributed by atoms with van der Waals surface area (Å²) < 4.78 is 10.1. The van der Waals surface area contributed by atoms with E-state index in [9.17, 15) is 24.0 Å². The molecule has 37 heavy (non-hydrogen) atoms. The first-order valence-corrected chi connectivity index (χ1v) is 11.8. The average Bonchev–Trinajstić information content (AvgIpc) is 3.29. The normalized spacial score (nSPS) is 11.8. The summed E-state index contributed by atoms with van der Waals surface area (Å²) in [6.07, 6.45) is 1.84. The first-order chi connectivity index (χ1) is 17.5. The van der Waals surface area contributed by atoms with Crippen LogP contribution in [0.2, 0.25) is 0 Å². The van der Waals surface area contributed by atoms with Crippen molar-refractivity contribution in [2.24, 2.45) is 11.7 Å². The quantitative estimate of drug-likeness (QED) is 0.187. The number of amides is 4. The maximum atomic E-state index is 13.1. The Morgan fingerprint density at radius 1 is 1.16 bits per heavy atom. The van der Waals surface area contributed by atoms with Crippen LogP contribution in [0.25, 0.3) is 10.9 Å². The molecular weight excluding hydrogens is 482 g/mol. The standard InChI is InChI=1S/C25H33N5O7/c1-5-37-23(33)10-9-22(32)30(12-11-21(26)31)29-25(35)18(13-15(2)3)28-24(34)19-14-16-17(27-19)7-6-8-20(16)36-4/h6-10,14-15,18,27H,5,11-13H2,1-4H3,(H2,26,31)(H,28,34)(H,29,35)/b10-9+/t18-/m0/s1. The Morgan fingerprint density at radius 2 is 1.89 bits per heavy atom. The molecule has 5 N–H and O–H groups in total. The van der Waals surface area contributed by atoms with E-state index in [1.807, 2.05) is 13.8 Å². The van der Waals surface area contributed by atoms with E-state index in [0.717, 1.165) is 17.2 Å². The van der Waals surface area contributed by atoms with E-state index in [1.165, 1.54) is 7.11 Å². The number of benzene rings is 1. The van der Waals surface area contributed by atoms with Crippen LogP contribution in [0.3, 0.4) is 0 Å². The second-order valence-electron chi connectivity index (χ2n) is 8.53. The Morgan fingerprint density at radius 3 is 2.51 bits per heavy atom. The Bertz CT molecular complexity index is 1170. The summed E-state index contributed by atoms with van der Waals surface area (Å²) in [7, 11) is 1.53. The lowest BCUT2D eigenvalue weighted by Gasteiger charge is -2.26. The molecule has 0 saturated heterocycles. The number of nitrogens with one attached hydrogen (secondary N) is 3. The van der Waals surface area contributed by atoms with Gasteiger partial charge in [0.1, 0.15) is 17.5 Å². The van der Waals surface area contributed by atoms with Gasteiger partial charge >= 0.3 is 5.97 Å². The number of aromatic nitrogens is 1. The van der Waals surface area contributed by atoms with Crippen LogP contribution >= 0.6 is 0 Å². The number of aromatic amines is 1. The van der Waals surface area contributed by atoms with Gasteiger partial charge in [0, 0.05) is 29.5 Å². The summed E-state index contributed by atoms with van der Waals surface area (Å²) in [5.41, 5.74) is 8.52. The molecule has 1 aromatic heterocycles. The third-order valence-corrected chi connectivity index (χ3v) is 5.16. The molecule has 0 radical (unpaired) electrons. The number of nitrogens with zero attached hydrogens (tertiary/aromatic N) is 1. The fourth-order valence-electron chi connectivity index (χ4n) is 3.44. The van der Waals surface area contributed by atoms with Crippen molar-refractivity contribution in [2.45, 2.75) is 39.7 Å². The van der Waals surface area contributed by atoms with Crippen LogP contribution in [0.4, 0.5) is 0 Å². The predicted molar refractivity (Wildman–Crippen MR) is 135 cm³/mol. The molecule has 0 spiro atoms. The minimum Gasteiger partial charge on any atom is -0.496 e. The highest BCUT2D eigenvalue weighted by Gasteiger charge is 2.26. The molecule has 0 fully saturated rings. The predicted octanol–water partition coefficient (Wildman–Crippen LogP) is 1.18. The lowest BCUT2D eigenvalue weighted by Crippen LogP contribution is -2.54. The minimum atomic E-state index is -1.02. The maximum Gasteiger partial charge on any atom is 0.330 e.